The van der Waals surface area contributed by atoms with Crippen LogP contribution in [0.4, 0.5) is 0 Å². The first-order valence-electron chi connectivity index (χ1n) is 10.2. The third kappa shape index (κ3) is 9.73. The summed E-state index contributed by atoms with van der Waals surface area (Å²) in [5.74, 6) is 0.661. The summed E-state index contributed by atoms with van der Waals surface area (Å²) in [5.41, 5.74) is 2.93. The average molecular weight is 506 g/mol. The Balaban J connectivity index is 0.000000255. The van der Waals surface area contributed by atoms with Crippen molar-refractivity contribution in [1.29, 1.82) is 0 Å². The van der Waals surface area contributed by atoms with Gasteiger partial charge in [-0.2, -0.15) is 37.3 Å². The SMILES string of the molecule is CCC[CH-]CCC1C=Cc2ccccc21.[CH2-]C.[Cl][Zr][Cl].c1ccc2[cH-]ccc2c1. The van der Waals surface area contributed by atoms with E-state index in [0.717, 1.165) is 0 Å². The number of allylic oxidation sites excluding steroid dienone is 1. The first-order valence-corrected chi connectivity index (χ1v) is 16.5. The molecule has 1 aliphatic carbocycles. The normalized spacial score (nSPS) is 13.2. The standard InChI is InChI=1S/C15H19.C9H7.C2H5.2ClH.Zr/c1-2-3-4-5-8-13-11-12-14-9-6-7-10-15(13)14;1-2-5-9-7-3-6-8(9)4-1;1-2;;;/h4,6-7,9-13H,2-3,5,8H2,1H3;1-7H;1H2,2H3;2*1H;/q3*-1;;;+2/p-2. The molecule has 0 fully saturated rings. The van der Waals surface area contributed by atoms with Crippen LogP contribution in [-0.2, 0) is 20.8 Å². The molecule has 1 unspecified atom stereocenters. The number of fused-ring (bicyclic) bond motifs is 2. The Morgan fingerprint density at radius 2 is 1.69 bits per heavy atom. The molecule has 3 aromatic rings. The van der Waals surface area contributed by atoms with Gasteiger partial charge in [0.15, 0.2) is 0 Å². The summed E-state index contributed by atoms with van der Waals surface area (Å²) >= 11 is -0.826. The quantitative estimate of drug-likeness (QED) is 0.239. The van der Waals surface area contributed by atoms with Crippen molar-refractivity contribution in [2.75, 3.05) is 0 Å². The zero-order valence-corrected chi connectivity index (χ0v) is 21.4. The summed E-state index contributed by atoms with van der Waals surface area (Å²) in [4.78, 5) is 0. The van der Waals surface area contributed by atoms with Crippen molar-refractivity contribution in [3.63, 3.8) is 0 Å². The molecule has 0 heterocycles. The van der Waals surface area contributed by atoms with Gasteiger partial charge in [-0.1, -0.05) is 62.2 Å². The van der Waals surface area contributed by atoms with E-state index in [2.05, 4.69) is 99.2 Å². The summed E-state index contributed by atoms with van der Waals surface area (Å²) in [6, 6.07) is 23.4. The van der Waals surface area contributed by atoms with Gasteiger partial charge in [-0.05, 0) is 11.1 Å². The van der Waals surface area contributed by atoms with Crippen LogP contribution < -0.4 is 0 Å². The van der Waals surface area contributed by atoms with Crippen molar-refractivity contribution in [2.24, 2.45) is 0 Å². The van der Waals surface area contributed by atoms with E-state index in [1.807, 2.05) is 0 Å². The number of hydrogen-bond donors (Lipinski definition) is 0. The molecule has 0 saturated carbocycles. The minimum Gasteiger partial charge on any atom is -0.168 e. The monoisotopic (exact) mass is 503 g/mol. The van der Waals surface area contributed by atoms with Gasteiger partial charge in [0.25, 0.3) is 0 Å². The third-order valence-electron chi connectivity index (χ3n) is 4.63. The summed E-state index contributed by atoms with van der Waals surface area (Å²) in [5, 5.41) is 2.66. The maximum atomic E-state index is 4.93. The minimum absolute atomic E-state index is 0.661. The molecule has 3 heteroatoms. The first kappa shape index (κ1) is 26.3. The molecule has 1 atom stereocenters. The van der Waals surface area contributed by atoms with E-state index in [-0.39, 0.29) is 0 Å². The Labute approximate surface area is 196 Å². The van der Waals surface area contributed by atoms with Gasteiger partial charge in [0, 0.05) is 5.92 Å². The number of unbranched alkanes of at least 4 members (excludes halogenated alkanes) is 3. The molecule has 3 aromatic carbocycles. The van der Waals surface area contributed by atoms with Gasteiger partial charge >= 0.3 is 37.9 Å². The Hall–Kier alpha value is -0.747. The van der Waals surface area contributed by atoms with E-state index in [0.29, 0.717) is 5.92 Å². The predicted octanol–water partition coefficient (Wildman–Crippen LogP) is 9.36. The van der Waals surface area contributed by atoms with Crippen LogP contribution in [0.2, 0.25) is 0 Å². The Kier molecular flexibility index (Phi) is 15.4. The van der Waals surface area contributed by atoms with E-state index < -0.39 is 20.8 Å². The van der Waals surface area contributed by atoms with E-state index in [9.17, 15) is 0 Å². The summed E-state index contributed by atoms with van der Waals surface area (Å²) < 4.78 is 0. The molecule has 0 N–H and O–H groups in total. The Morgan fingerprint density at radius 1 is 1.00 bits per heavy atom. The van der Waals surface area contributed by atoms with Gasteiger partial charge < -0.3 is 13.3 Å². The van der Waals surface area contributed by atoms with Gasteiger partial charge in [-0.3, -0.25) is 0 Å². The fourth-order valence-electron chi connectivity index (χ4n) is 3.29. The Bertz CT molecular complexity index is 777. The van der Waals surface area contributed by atoms with Crippen LogP contribution in [0.1, 0.15) is 56.6 Å². The van der Waals surface area contributed by atoms with E-state index in [4.69, 9.17) is 17.0 Å². The topological polar surface area (TPSA) is 0 Å². The van der Waals surface area contributed by atoms with Crippen LogP contribution in [0.3, 0.4) is 0 Å². The largest absolute Gasteiger partial charge is 0.168 e. The van der Waals surface area contributed by atoms with Gasteiger partial charge in [0.05, 0.1) is 0 Å². The number of hydrogen-bond acceptors (Lipinski definition) is 0. The van der Waals surface area contributed by atoms with Crippen LogP contribution in [0.15, 0.2) is 72.8 Å². The van der Waals surface area contributed by atoms with E-state index in [1.165, 1.54) is 47.6 Å². The van der Waals surface area contributed by atoms with Gasteiger partial charge in [0.1, 0.15) is 0 Å². The average Bonchev–Trinajstić information content (AvgIpc) is 3.41. The van der Waals surface area contributed by atoms with Gasteiger partial charge in [-0.15, -0.1) is 29.7 Å². The summed E-state index contributed by atoms with van der Waals surface area (Å²) in [7, 11) is 9.87. The van der Waals surface area contributed by atoms with Crippen LogP contribution in [0, 0.1) is 13.3 Å². The van der Waals surface area contributed by atoms with Crippen molar-refractivity contribution >= 4 is 33.9 Å². The van der Waals surface area contributed by atoms with E-state index >= 15 is 0 Å². The predicted molar refractivity (Wildman–Crippen MR) is 129 cm³/mol. The molecule has 156 valence electrons. The van der Waals surface area contributed by atoms with Crippen LogP contribution in [-0.4, -0.2) is 0 Å². The summed E-state index contributed by atoms with van der Waals surface area (Å²) in [6.45, 7) is 7.24. The molecule has 0 spiro atoms. The first-order chi connectivity index (χ1) is 14.3. The van der Waals surface area contributed by atoms with Crippen LogP contribution >= 0.6 is 17.0 Å². The van der Waals surface area contributed by atoms with Gasteiger partial charge in [-0.25, -0.2) is 0 Å². The fourth-order valence-corrected chi connectivity index (χ4v) is 3.29. The maximum Gasteiger partial charge on any atom is -0.0809 e. The van der Waals surface area contributed by atoms with Crippen molar-refractivity contribution in [2.45, 2.75) is 45.4 Å². The van der Waals surface area contributed by atoms with Crippen LogP contribution in [0.25, 0.3) is 16.8 Å². The van der Waals surface area contributed by atoms with Crippen molar-refractivity contribution in [1.82, 2.24) is 0 Å². The molecule has 0 aromatic heterocycles. The summed E-state index contributed by atoms with van der Waals surface area (Å²) in [6.07, 6.45) is 12.1. The molecule has 0 nitrogen and oxygen atoms in total. The van der Waals surface area contributed by atoms with E-state index in [1.54, 1.807) is 6.92 Å². The zero-order chi connectivity index (χ0) is 21.3. The molecule has 0 radical (unpaired) electrons. The molecule has 0 amide bonds. The van der Waals surface area contributed by atoms with Crippen molar-refractivity contribution < 1.29 is 20.8 Å². The second-order valence-electron chi connectivity index (χ2n) is 6.48. The molecule has 0 bridgehead atoms. The molecule has 0 aliphatic heterocycles. The maximum absolute atomic E-state index is 4.93. The molecular formula is C26H31Cl2Zr-3. The molecule has 4 rings (SSSR count). The zero-order valence-electron chi connectivity index (χ0n) is 17.5. The van der Waals surface area contributed by atoms with Crippen molar-refractivity contribution in [3.05, 3.63) is 97.3 Å². The smallest absolute Gasteiger partial charge is 0.0809 e. The minimum atomic E-state index is -0.826. The van der Waals surface area contributed by atoms with Crippen molar-refractivity contribution in [3.8, 4) is 0 Å². The number of halogens is 2. The second-order valence-corrected chi connectivity index (χ2v) is 10.2. The second kappa shape index (κ2) is 17.0. The van der Waals surface area contributed by atoms with Crippen LogP contribution in [0.5, 0.6) is 0 Å². The molecule has 1 aliphatic rings. The fraction of sp³-hybridized carbons (Fsp3) is 0.269. The third-order valence-corrected chi connectivity index (χ3v) is 4.63. The molecule has 29 heavy (non-hydrogen) atoms. The Morgan fingerprint density at radius 3 is 2.41 bits per heavy atom. The molecule has 0 saturated heterocycles. The molecular weight excluding hydrogens is 474 g/mol. The number of benzene rings is 2. The number of rotatable bonds is 5. The van der Waals surface area contributed by atoms with Gasteiger partial charge in [0.2, 0.25) is 0 Å².